The van der Waals surface area contributed by atoms with Gasteiger partial charge in [-0.3, -0.25) is 4.79 Å². The maximum atomic E-state index is 12.5. The van der Waals surface area contributed by atoms with Crippen molar-refractivity contribution in [2.75, 3.05) is 6.54 Å². The lowest BCUT2D eigenvalue weighted by Crippen LogP contribution is -2.31. The largest absolute Gasteiger partial charge is 0.334 e. The van der Waals surface area contributed by atoms with Gasteiger partial charge in [0.1, 0.15) is 0 Å². The monoisotopic (exact) mass is 284 g/mol. The molecule has 4 heteroatoms. The van der Waals surface area contributed by atoms with E-state index in [9.17, 15) is 4.79 Å². The fourth-order valence-corrected chi connectivity index (χ4v) is 2.69. The van der Waals surface area contributed by atoms with Gasteiger partial charge in [-0.05, 0) is 47.0 Å². The van der Waals surface area contributed by atoms with Crippen LogP contribution in [0.25, 0.3) is 0 Å². The first kappa shape index (κ1) is 14.3. The van der Waals surface area contributed by atoms with E-state index in [2.05, 4.69) is 18.4 Å². The zero-order valence-corrected chi connectivity index (χ0v) is 12.2. The van der Waals surface area contributed by atoms with Gasteiger partial charge in [0.25, 0.3) is 5.91 Å². The molecule has 0 aliphatic carbocycles. The fraction of sp³-hybridized carbons (Fsp3) is 0.250. The molecular formula is C16H16N2OS. The van der Waals surface area contributed by atoms with Gasteiger partial charge in [-0.2, -0.15) is 16.6 Å². The molecule has 1 aromatic carbocycles. The van der Waals surface area contributed by atoms with E-state index in [1.165, 1.54) is 0 Å². The molecule has 0 aliphatic rings. The minimum Gasteiger partial charge on any atom is -0.334 e. The summed E-state index contributed by atoms with van der Waals surface area (Å²) in [5.41, 5.74) is 2.24. The standard InChI is InChI=1S/C16H16N2OS/c1-2-7-18(11-14-6-8-20-12-14)16(19)15-5-3-4-13(9-15)10-17/h3-6,8-9,12H,2,7,11H2,1H3. The van der Waals surface area contributed by atoms with E-state index in [0.717, 1.165) is 12.0 Å². The van der Waals surface area contributed by atoms with Crippen LogP contribution in [0.1, 0.15) is 34.8 Å². The van der Waals surface area contributed by atoms with Crippen molar-refractivity contribution in [3.05, 3.63) is 57.8 Å². The van der Waals surface area contributed by atoms with Crippen molar-refractivity contribution in [1.82, 2.24) is 4.90 Å². The Kier molecular flexibility index (Phi) is 4.91. The number of rotatable bonds is 5. The molecule has 0 saturated heterocycles. The van der Waals surface area contributed by atoms with Crippen molar-refractivity contribution in [1.29, 1.82) is 5.26 Å². The Balaban J connectivity index is 2.19. The van der Waals surface area contributed by atoms with Gasteiger partial charge in [-0.15, -0.1) is 0 Å². The Labute approximate surface area is 123 Å². The molecule has 2 rings (SSSR count). The molecular weight excluding hydrogens is 268 g/mol. The van der Waals surface area contributed by atoms with E-state index in [1.54, 1.807) is 35.6 Å². The van der Waals surface area contributed by atoms with E-state index in [4.69, 9.17) is 5.26 Å². The van der Waals surface area contributed by atoms with Gasteiger partial charge in [0.2, 0.25) is 0 Å². The van der Waals surface area contributed by atoms with E-state index in [-0.39, 0.29) is 5.91 Å². The molecule has 1 amide bonds. The van der Waals surface area contributed by atoms with Gasteiger partial charge >= 0.3 is 0 Å². The van der Waals surface area contributed by atoms with Crippen molar-refractivity contribution in [2.24, 2.45) is 0 Å². The number of nitriles is 1. The first-order chi connectivity index (χ1) is 9.74. The van der Waals surface area contributed by atoms with Gasteiger partial charge in [0, 0.05) is 18.7 Å². The van der Waals surface area contributed by atoms with Crippen LogP contribution in [0.2, 0.25) is 0 Å². The van der Waals surface area contributed by atoms with Gasteiger partial charge in [0.15, 0.2) is 0 Å². The zero-order chi connectivity index (χ0) is 14.4. The summed E-state index contributed by atoms with van der Waals surface area (Å²) in [5.74, 6) is -0.0184. The lowest BCUT2D eigenvalue weighted by molar-refractivity contribution is 0.0743. The number of benzene rings is 1. The van der Waals surface area contributed by atoms with Crippen molar-refractivity contribution < 1.29 is 4.79 Å². The Morgan fingerprint density at radius 2 is 2.25 bits per heavy atom. The van der Waals surface area contributed by atoms with Crippen LogP contribution in [0.15, 0.2) is 41.1 Å². The maximum Gasteiger partial charge on any atom is 0.254 e. The second-order valence-electron chi connectivity index (χ2n) is 4.55. The Morgan fingerprint density at radius 3 is 2.90 bits per heavy atom. The van der Waals surface area contributed by atoms with Gasteiger partial charge < -0.3 is 4.90 Å². The van der Waals surface area contributed by atoms with Crippen LogP contribution < -0.4 is 0 Å². The predicted molar refractivity (Wildman–Crippen MR) is 80.5 cm³/mol. The highest BCUT2D eigenvalue weighted by atomic mass is 32.1. The highest BCUT2D eigenvalue weighted by Crippen LogP contribution is 2.14. The molecule has 0 fully saturated rings. The molecule has 3 nitrogen and oxygen atoms in total. The van der Waals surface area contributed by atoms with Crippen LogP contribution in [0, 0.1) is 11.3 Å². The van der Waals surface area contributed by atoms with E-state index < -0.39 is 0 Å². The first-order valence-electron chi connectivity index (χ1n) is 6.55. The summed E-state index contributed by atoms with van der Waals surface area (Å²) in [7, 11) is 0. The number of amides is 1. The number of carbonyl (C=O) groups excluding carboxylic acids is 1. The number of carbonyl (C=O) groups is 1. The summed E-state index contributed by atoms with van der Waals surface area (Å²) in [5, 5.41) is 13.0. The summed E-state index contributed by atoms with van der Waals surface area (Å²) >= 11 is 1.63. The third-order valence-corrected chi connectivity index (χ3v) is 3.70. The quantitative estimate of drug-likeness (QED) is 0.840. The Morgan fingerprint density at radius 1 is 1.40 bits per heavy atom. The number of hydrogen-bond acceptors (Lipinski definition) is 3. The highest BCUT2D eigenvalue weighted by Gasteiger charge is 2.15. The Bertz CT molecular complexity index is 614. The molecule has 0 atom stereocenters. The predicted octanol–water partition coefficient (Wildman–Crippen LogP) is 3.67. The van der Waals surface area contributed by atoms with Crippen LogP contribution in [0.3, 0.4) is 0 Å². The van der Waals surface area contributed by atoms with Crippen molar-refractivity contribution >= 4 is 17.2 Å². The molecule has 1 heterocycles. The van der Waals surface area contributed by atoms with Crippen LogP contribution in [0.5, 0.6) is 0 Å². The topological polar surface area (TPSA) is 44.1 Å². The van der Waals surface area contributed by atoms with Gasteiger partial charge in [0.05, 0.1) is 11.6 Å². The van der Waals surface area contributed by atoms with Crippen LogP contribution in [-0.4, -0.2) is 17.4 Å². The van der Waals surface area contributed by atoms with E-state index in [0.29, 0.717) is 24.2 Å². The van der Waals surface area contributed by atoms with Crippen molar-refractivity contribution in [3.63, 3.8) is 0 Å². The Hall–Kier alpha value is -2.12. The average molecular weight is 284 g/mol. The smallest absolute Gasteiger partial charge is 0.254 e. The van der Waals surface area contributed by atoms with Crippen LogP contribution >= 0.6 is 11.3 Å². The fourth-order valence-electron chi connectivity index (χ4n) is 2.03. The number of hydrogen-bond donors (Lipinski definition) is 0. The maximum absolute atomic E-state index is 12.5. The third kappa shape index (κ3) is 3.46. The number of nitrogens with zero attached hydrogens (tertiary/aromatic N) is 2. The lowest BCUT2D eigenvalue weighted by Gasteiger charge is -2.21. The molecule has 0 N–H and O–H groups in total. The lowest BCUT2D eigenvalue weighted by atomic mass is 10.1. The van der Waals surface area contributed by atoms with E-state index >= 15 is 0 Å². The summed E-state index contributed by atoms with van der Waals surface area (Å²) in [4.78, 5) is 14.4. The normalized spacial score (nSPS) is 10.0. The third-order valence-electron chi connectivity index (χ3n) is 2.97. The SMILES string of the molecule is CCCN(Cc1ccsc1)C(=O)c1cccc(C#N)c1. The average Bonchev–Trinajstić information content (AvgIpc) is 2.99. The number of thiophene rings is 1. The van der Waals surface area contributed by atoms with Crippen molar-refractivity contribution in [2.45, 2.75) is 19.9 Å². The van der Waals surface area contributed by atoms with Crippen LogP contribution in [-0.2, 0) is 6.54 Å². The molecule has 0 aliphatic heterocycles. The highest BCUT2D eigenvalue weighted by molar-refractivity contribution is 7.07. The molecule has 2 aromatic rings. The minimum atomic E-state index is -0.0184. The van der Waals surface area contributed by atoms with Gasteiger partial charge in [-0.25, -0.2) is 0 Å². The van der Waals surface area contributed by atoms with Crippen LogP contribution in [0.4, 0.5) is 0 Å². The molecule has 0 bridgehead atoms. The molecule has 0 unspecified atom stereocenters. The summed E-state index contributed by atoms with van der Waals surface area (Å²) < 4.78 is 0. The summed E-state index contributed by atoms with van der Waals surface area (Å²) in [6, 6.07) is 11.0. The molecule has 102 valence electrons. The molecule has 20 heavy (non-hydrogen) atoms. The second kappa shape index (κ2) is 6.88. The molecule has 0 radical (unpaired) electrons. The minimum absolute atomic E-state index is 0.0184. The summed E-state index contributed by atoms with van der Waals surface area (Å²) in [6.45, 7) is 3.39. The zero-order valence-electron chi connectivity index (χ0n) is 11.4. The first-order valence-corrected chi connectivity index (χ1v) is 7.49. The van der Waals surface area contributed by atoms with Gasteiger partial charge in [-0.1, -0.05) is 13.0 Å². The molecule has 0 spiro atoms. The molecule has 1 aromatic heterocycles. The van der Waals surface area contributed by atoms with E-state index in [1.807, 2.05) is 16.3 Å². The second-order valence-corrected chi connectivity index (χ2v) is 5.33. The molecule has 0 saturated carbocycles. The van der Waals surface area contributed by atoms with Crippen molar-refractivity contribution in [3.8, 4) is 6.07 Å². The summed E-state index contributed by atoms with van der Waals surface area (Å²) in [6.07, 6.45) is 0.911.